The molecule has 1 rings (SSSR count). The fourth-order valence-corrected chi connectivity index (χ4v) is 2.16. The fourth-order valence-electron chi connectivity index (χ4n) is 2.16. The largest absolute Gasteiger partial charge is 0.391 e. The number of rotatable bonds is 0. The van der Waals surface area contributed by atoms with Gasteiger partial charge in [-0.05, 0) is 18.8 Å². The number of alkyl halides is 3. The standard InChI is InChI=1S/C11H19F3/c1-9-5-3-2-4-6-10(8-7-9)11(12,13)14/h9-10H,2-8H2,1H3. The highest BCUT2D eigenvalue weighted by molar-refractivity contribution is 4.71. The molecule has 0 aromatic rings. The molecule has 0 saturated heterocycles. The van der Waals surface area contributed by atoms with E-state index in [0.717, 1.165) is 32.1 Å². The van der Waals surface area contributed by atoms with E-state index in [9.17, 15) is 13.2 Å². The van der Waals surface area contributed by atoms with Crippen molar-refractivity contribution in [2.75, 3.05) is 0 Å². The van der Waals surface area contributed by atoms with Crippen LogP contribution in [-0.4, -0.2) is 6.18 Å². The summed E-state index contributed by atoms with van der Waals surface area (Å²) in [5, 5.41) is 0. The summed E-state index contributed by atoms with van der Waals surface area (Å²) in [4.78, 5) is 0. The molecule has 0 spiro atoms. The van der Waals surface area contributed by atoms with Gasteiger partial charge < -0.3 is 0 Å². The van der Waals surface area contributed by atoms with E-state index in [-0.39, 0.29) is 0 Å². The summed E-state index contributed by atoms with van der Waals surface area (Å²) in [6.07, 6.45) is 1.37. The normalized spacial score (nSPS) is 31.7. The predicted molar refractivity (Wildman–Crippen MR) is 51.0 cm³/mol. The molecule has 1 aliphatic carbocycles. The first-order valence-corrected chi connectivity index (χ1v) is 5.57. The molecule has 1 saturated carbocycles. The van der Waals surface area contributed by atoms with Crippen LogP contribution < -0.4 is 0 Å². The van der Waals surface area contributed by atoms with E-state index in [1.54, 1.807) is 0 Å². The van der Waals surface area contributed by atoms with Gasteiger partial charge in [0.25, 0.3) is 0 Å². The first-order chi connectivity index (χ1) is 6.50. The maximum Gasteiger partial charge on any atom is 0.391 e. The maximum absolute atomic E-state index is 12.5. The number of hydrogen-bond donors (Lipinski definition) is 0. The van der Waals surface area contributed by atoms with Crippen molar-refractivity contribution in [3.05, 3.63) is 0 Å². The first-order valence-electron chi connectivity index (χ1n) is 5.57. The Morgan fingerprint density at radius 1 is 0.857 bits per heavy atom. The molecule has 2 unspecified atom stereocenters. The zero-order valence-electron chi connectivity index (χ0n) is 8.74. The van der Waals surface area contributed by atoms with Crippen molar-refractivity contribution in [3.8, 4) is 0 Å². The molecule has 0 aromatic heterocycles. The molecule has 0 heterocycles. The van der Waals surface area contributed by atoms with Gasteiger partial charge in [-0.15, -0.1) is 0 Å². The van der Waals surface area contributed by atoms with Crippen LogP contribution in [0.4, 0.5) is 13.2 Å². The van der Waals surface area contributed by atoms with Crippen molar-refractivity contribution >= 4 is 0 Å². The Bertz CT molecular complexity index is 162. The van der Waals surface area contributed by atoms with Crippen molar-refractivity contribution < 1.29 is 13.2 Å². The molecule has 0 bridgehead atoms. The van der Waals surface area contributed by atoms with Crippen LogP contribution in [0.1, 0.15) is 51.9 Å². The van der Waals surface area contributed by atoms with Gasteiger partial charge in [-0.25, -0.2) is 0 Å². The second-order valence-corrected chi connectivity index (χ2v) is 4.56. The molecule has 0 aliphatic heterocycles. The topological polar surface area (TPSA) is 0 Å². The van der Waals surface area contributed by atoms with Crippen LogP contribution in [0.5, 0.6) is 0 Å². The van der Waals surface area contributed by atoms with E-state index in [2.05, 4.69) is 6.92 Å². The molecule has 0 N–H and O–H groups in total. The van der Waals surface area contributed by atoms with Gasteiger partial charge in [0, 0.05) is 0 Å². The van der Waals surface area contributed by atoms with Gasteiger partial charge in [0.15, 0.2) is 0 Å². The summed E-state index contributed by atoms with van der Waals surface area (Å²) in [5.74, 6) is -0.569. The minimum atomic E-state index is -3.97. The number of halogens is 3. The third kappa shape index (κ3) is 3.89. The molecular formula is C11H19F3. The summed E-state index contributed by atoms with van der Waals surface area (Å²) in [6.45, 7) is 2.07. The second kappa shape index (κ2) is 5.04. The van der Waals surface area contributed by atoms with Crippen LogP contribution in [-0.2, 0) is 0 Å². The van der Waals surface area contributed by atoms with Crippen molar-refractivity contribution in [2.24, 2.45) is 11.8 Å². The third-order valence-corrected chi connectivity index (χ3v) is 3.22. The highest BCUT2D eigenvalue weighted by Crippen LogP contribution is 2.36. The van der Waals surface area contributed by atoms with E-state index in [0.29, 0.717) is 18.8 Å². The summed E-state index contributed by atoms with van der Waals surface area (Å²) >= 11 is 0. The lowest BCUT2D eigenvalue weighted by Crippen LogP contribution is -2.23. The summed E-state index contributed by atoms with van der Waals surface area (Å²) in [5.41, 5.74) is 0. The lowest BCUT2D eigenvalue weighted by Gasteiger charge is -2.20. The van der Waals surface area contributed by atoms with E-state index >= 15 is 0 Å². The predicted octanol–water partition coefficient (Wildman–Crippen LogP) is 4.55. The van der Waals surface area contributed by atoms with Gasteiger partial charge in [0.05, 0.1) is 5.92 Å². The van der Waals surface area contributed by atoms with Crippen molar-refractivity contribution in [1.82, 2.24) is 0 Å². The fraction of sp³-hybridized carbons (Fsp3) is 1.00. The van der Waals surface area contributed by atoms with Gasteiger partial charge in [0.1, 0.15) is 0 Å². The Hall–Kier alpha value is -0.210. The van der Waals surface area contributed by atoms with Crippen LogP contribution >= 0.6 is 0 Å². The lowest BCUT2D eigenvalue weighted by atomic mass is 9.93. The minimum absolute atomic E-state index is 0.338. The molecule has 0 nitrogen and oxygen atoms in total. The Labute approximate surface area is 83.9 Å². The Balaban J connectivity index is 2.49. The average molecular weight is 208 g/mol. The molecule has 1 aliphatic rings. The van der Waals surface area contributed by atoms with Gasteiger partial charge in [-0.3, -0.25) is 0 Å². The maximum atomic E-state index is 12.5. The number of hydrogen-bond acceptors (Lipinski definition) is 0. The first kappa shape index (κ1) is 11.9. The van der Waals surface area contributed by atoms with Gasteiger partial charge in [-0.2, -0.15) is 13.2 Å². The molecule has 0 radical (unpaired) electrons. The van der Waals surface area contributed by atoms with Crippen molar-refractivity contribution in [1.29, 1.82) is 0 Å². The van der Waals surface area contributed by atoms with Crippen LogP contribution in [0.2, 0.25) is 0 Å². The van der Waals surface area contributed by atoms with Crippen LogP contribution in [0.25, 0.3) is 0 Å². The quantitative estimate of drug-likeness (QED) is 0.548. The summed E-state index contributed by atoms with van der Waals surface area (Å²) < 4.78 is 37.5. The van der Waals surface area contributed by atoms with Crippen molar-refractivity contribution in [2.45, 2.75) is 58.0 Å². The zero-order chi connectivity index (χ0) is 10.6. The highest BCUT2D eigenvalue weighted by Gasteiger charge is 2.38. The Morgan fingerprint density at radius 2 is 1.50 bits per heavy atom. The molecule has 14 heavy (non-hydrogen) atoms. The Kier molecular flexibility index (Phi) is 4.27. The molecule has 2 atom stereocenters. The Morgan fingerprint density at radius 3 is 2.14 bits per heavy atom. The van der Waals surface area contributed by atoms with E-state index in [1.165, 1.54) is 0 Å². The molecule has 3 heteroatoms. The molecule has 84 valence electrons. The molecule has 0 amide bonds. The second-order valence-electron chi connectivity index (χ2n) is 4.56. The summed E-state index contributed by atoms with van der Waals surface area (Å²) in [6, 6.07) is 0. The molecule has 0 aromatic carbocycles. The minimum Gasteiger partial charge on any atom is -0.171 e. The highest BCUT2D eigenvalue weighted by atomic mass is 19.4. The van der Waals surface area contributed by atoms with E-state index in [1.807, 2.05) is 0 Å². The molecular weight excluding hydrogens is 189 g/mol. The monoisotopic (exact) mass is 208 g/mol. The van der Waals surface area contributed by atoms with Crippen LogP contribution in [0.3, 0.4) is 0 Å². The van der Waals surface area contributed by atoms with Gasteiger partial charge >= 0.3 is 6.18 Å². The van der Waals surface area contributed by atoms with E-state index in [4.69, 9.17) is 0 Å². The third-order valence-electron chi connectivity index (χ3n) is 3.22. The summed E-state index contributed by atoms with van der Waals surface area (Å²) in [7, 11) is 0. The average Bonchev–Trinajstić information content (AvgIpc) is 2.15. The lowest BCUT2D eigenvalue weighted by molar-refractivity contribution is -0.178. The van der Waals surface area contributed by atoms with Gasteiger partial charge in [-0.1, -0.05) is 39.0 Å². The van der Waals surface area contributed by atoms with Crippen LogP contribution in [0.15, 0.2) is 0 Å². The zero-order valence-corrected chi connectivity index (χ0v) is 8.74. The van der Waals surface area contributed by atoms with E-state index < -0.39 is 12.1 Å². The smallest absolute Gasteiger partial charge is 0.171 e. The van der Waals surface area contributed by atoms with Gasteiger partial charge in [0.2, 0.25) is 0 Å². The van der Waals surface area contributed by atoms with Crippen LogP contribution in [0, 0.1) is 11.8 Å². The van der Waals surface area contributed by atoms with Crippen molar-refractivity contribution in [3.63, 3.8) is 0 Å². The SMILES string of the molecule is CC1CCCCCC(C(F)(F)F)CC1. The molecule has 1 fully saturated rings.